The molecular weight excluding hydrogens is 260 g/mol. The first-order chi connectivity index (χ1) is 9.12. The molecule has 0 aromatic carbocycles. The fourth-order valence-electron chi connectivity index (χ4n) is 4.34. The minimum absolute atomic E-state index is 0.0345. The molecular formula is C15H22O5. The van der Waals surface area contributed by atoms with Crippen molar-refractivity contribution in [2.75, 3.05) is 0 Å². The molecule has 112 valence electrons. The van der Waals surface area contributed by atoms with E-state index in [1.54, 1.807) is 6.92 Å². The van der Waals surface area contributed by atoms with Crippen LogP contribution in [0.25, 0.3) is 0 Å². The van der Waals surface area contributed by atoms with Gasteiger partial charge in [0.1, 0.15) is 0 Å². The van der Waals surface area contributed by atoms with Gasteiger partial charge in [-0.25, -0.2) is 4.79 Å². The van der Waals surface area contributed by atoms with Crippen LogP contribution in [-0.4, -0.2) is 39.3 Å². The summed E-state index contributed by atoms with van der Waals surface area (Å²) in [4.78, 5) is 11.8. The molecule has 5 nitrogen and oxygen atoms in total. The Labute approximate surface area is 118 Å². The zero-order valence-electron chi connectivity index (χ0n) is 12.1. The number of hydrogen-bond donors (Lipinski definition) is 3. The normalized spacial score (nSPS) is 46.8. The molecule has 3 rings (SSSR count). The Morgan fingerprint density at radius 1 is 1.20 bits per heavy atom. The van der Waals surface area contributed by atoms with Crippen molar-refractivity contribution < 1.29 is 24.9 Å². The highest BCUT2D eigenvalue weighted by Gasteiger charge is 2.56. The lowest BCUT2D eigenvalue weighted by Crippen LogP contribution is -2.40. The predicted molar refractivity (Wildman–Crippen MR) is 70.4 cm³/mol. The third kappa shape index (κ3) is 1.91. The van der Waals surface area contributed by atoms with E-state index >= 15 is 0 Å². The molecule has 5 atom stereocenters. The van der Waals surface area contributed by atoms with Crippen molar-refractivity contribution in [1.82, 2.24) is 0 Å². The molecule has 3 aliphatic rings. The van der Waals surface area contributed by atoms with Crippen molar-refractivity contribution >= 4 is 5.97 Å². The van der Waals surface area contributed by atoms with Gasteiger partial charge in [0.15, 0.2) is 0 Å². The lowest BCUT2D eigenvalue weighted by Gasteiger charge is -2.34. The Bertz CT molecular complexity index is 490. The summed E-state index contributed by atoms with van der Waals surface area (Å²) in [7, 11) is 0. The van der Waals surface area contributed by atoms with E-state index in [4.69, 9.17) is 4.74 Å². The Kier molecular flexibility index (Phi) is 2.85. The van der Waals surface area contributed by atoms with Crippen molar-refractivity contribution in [2.24, 2.45) is 17.3 Å². The van der Waals surface area contributed by atoms with Crippen LogP contribution in [0.5, 0.6) is 0 Å². The van der Waals surface area contributed by atoms with Gasteiger partial charge in [-0.15, -0.1) is 0 Å². The van der Waals surface area contributed by atoms with Crippen molar-refractivity contribution in [3.05, 3.63) is 11.1 Å². The number of rotatable bonds is 0. The molecule has 0 aromatic heterocycles. The Balaban J connectivity index is 2.07. The molecule has 0 saturated heterocycles. The highest BCUT2D eigenvalue weighted by Crippen LogP contribution is 2.55. The summed E-state index contributed by atoms with van der Waals surface area (Å²) in [5, 5.41) is 31.3. The van der Waals surface area contributed by atoms with Crippen molar-refractivity contribution in [1.29, 1.82) is 0 Å². The maximum Gasteiger partial charge on any atom is 0.336 e. The van der Waals surface area contributed by atoms with Gasteiger partial charge in [0.25, 0.3) is 0 Å². The largest absolute Gasteiger partial charge is 0.428 e. The minimum atomic E-state index is -1.37. The lowest BCUT2D eigenvalue weighted by molar-refractivity contribution is -0.154. The number of hydrogen-bond acceptors (Lipinski definition) is 5. The molecule has 0 amide bonds. The molecule has 0 spiro atoms. The van der Waals surface area contributed by atoms with E-state index in [2.05, 4.69) is 13.8 Å². The monoisotopic (exact) mass is 282 g/mol. The molecule has 1 aliphatic heterocycles. The number of ether oxygens (including phenoxy) is 1. The third-order valence-corrected chi connectivity index (χ3v) is 5.21. The second-order valence-corrected chi connectivity index (χ2v) is 7.51. The standard InChI is InChI=1S/C15H22O5/c1-14(2)4-7-9(6-14)15(3,19)5-8-10(11(7)16)13(18)20-12(8)17/h7,9,11,13,16,18-19H,4-6H2,1-3H3/t7-,9+,11+,13?,15+/m1/s1. The summed E-state index contributed by atoms with van der Waals surface area (Å²) in [5.74, 6) is -0.860. The van der Waals surface area contributed by atoms with Gasteiger partial charge < -0.3 is 20.1 Å². The summed E-state index contributed by atoms with van der Waals surface area (Å²) >= 11 is 0. The number of aliphatic hydroxyl groups is 3. The summed E-state index contributed by atoms with van der Waals surface area (Å²) in [5.41, 5.74) is -0.519. The van der Waals surface area contributed by atoms with E-state index in [1.807, 2.05) is 0 Å². The molecule has 1 fully saturated rings. The number of fused-ring (bicyclic) bond motifs is 1. The second kappa shape index (κ2) is 4.06. The summed E-state index contributed by atoms with van der Waals surface area (Å²) in [6.45, 7) is 5.95. The van der Waals surface area contributed by atoms with Crippen LogP contribution in [-0.2, 0) is 9.53 Å². The lowest BCUT2D eigenvalue weighted by atomic mass is 9.78. The zero-order chi connectivity index (χ0) is 14.9. The molecule has 5 heteroatoms. The average molecular weight is 282 g/mol. The van der Waals surface area contributed by atoms with Gasteiger partial charge in [0.2, 0.25) is 6.29 Å². The van der Waals surface area contributed by atoms with Crippen molar-refractivity contribution in [3.63, 3.8) is 0 Å². The first-order valence-corrected chi connectivity index (χ1v) is 7.15. The van der Waals surface area contributed by atoms with Crippen LogP contribution in [0.3, 0.4) is 0 Å². The highest BCUT2D eigenvalue weighted by molar-refractivity contribution is 5.92. The average Bonchev–Trinajstić information content (AvgIpc) is 2.74. The zero-order valence-corrected chi connectivity index (χ0v) is 12.1. The van der Waals surface area contributed by atoms with Crippen molar-refractivity contribution in [2.45, 2.75) is 58.0 Å². The summed E-state index contributed by atoms with van der Waals surface area (Å²) in [6.07, 6.45) is -0.606. The van der Waals surface area contributed by atoms with Crippen LogP contribution >= 0.6 is 0 Å². The van der Waals surface area contributed by atoms with Gasteiger partial charge >= 0.3 is 5.97 Å². The van der Waals surface area contributed by atoms with Crippen LogP contribution in [0.2, 0.25) is 0 Å². The van der Waals surface area contributed by atoms with E-state index in [0.717, 1.165) is 12.8 Å². The number of aliphatic hydroxyl groups excluding tert-OH is 2. The Hall–Kier alpha value is -0.910. The topological polar surface area (TPSA) is 87.0 Å². The fraction of sp³-hybridized carbons (Fsp3) is 0.800. The minimum Gasteiger partial charge on any atom is -0.428 e. The number of cyclic esters (lactones) is 1. The van der Waals surface area contributed by atoms with E-state index in [-0.39, 0.29) is 34.8 Å². The molecule has 1 unspecified atom stereocenters. The van der Waals surface area contributed by atoms with Gasteiger partial charge in [-0.05, 0) is 37.0 Å². The van der Waals surface area contributed by atoms with Gasteiger partial charge in [-0.1, -0.05) is 13.8 Å². The maximum atomic E-state index is 11.8. The smallest absolute Gasteiger partial charge is 0.336 e. The van der Waals surface area contributed by atoms with Crippen LogP contribution in [0.4, 0.5) is 0 Å². The Morgan fingerprint density at radius 2 is 1.85 bits per heavy atom. The second-order valence-electron chi connectivity index (χ2n) is 7.51. The number of esters is 1. The quantitative estimate of drug-likeness (QED) is 0.570. The van der Waals surface area contributed by atoms with E-state index in [0.29, 0.717) is 0 Å². The molecule has 3 N–H and O–H groups in total. The maximum absolute atomic E-state index is 11.8. The van der Waals surface area contributed by atoms with Gasteiger partial charge in [0, 0.05) is 17.6 Å². The molecule has 0 bridgehead atoms. The molecule has 0 aromatic rings. The van der Waals surface area contributed by atoms with Crippen LogP contribution in [0.1, 0.15) is 40.0 Å². The van der Waals surface area contributed by atoms with Crippen molar-refractivity contribution in [3.8, 4) is 0 Å². The first kappa shape index (κ1) is 14.0. The molecule has 20 heavy (non-hydrogen) atoms. The summed E-state index contributed by atoms with van der Waals surface area (Å²) < 4.78 is 4.80. The number of carbonyl (C=O) groups excluding carboxylic acids is 1. The van der Waals surface area contributed by atoms with E-state index < -0.39 is 24.0 Å². The van der Waals surface area contributed by atoms with Crippen LogP contribution < -0.4 is 0 Å². The Morgan fingerprint density at radius 3 is 2.50 bits per heavy atom. The summed E-state index contributed by atoms with van der Waals surface area (Å²) in [6, 6.07) is 0. The van der Waals surface area contributed by atoms with E-state index in [9.17, 15) is 20.1 Å². The molecule has 1 saturated carbocycles. The van der Waals surface area contributed by atoms with Crippen LogP contribution in [0.15, 0.2) is 11.1 Å². The first-order valence-electron chi connectivity index (χ1n) is 7.15. The molecule has 0 radical (unpaired) electrons. The third-order valence-electron chi connectivity index (χ3n) is 5.21. The van der Waals surface area contributed by atoms with E-state index in [1.165, 1.54) is 0 Å². The predicted octanol–water partition coefficient (Wildman–Crippen LogP) is 0.726. The highest BCUT2D eigenvalue weighted by atomic mass is 16.6. The molecule has 2 aliphatic carbocycles. The van der Waals surface area contributed by atoms with Crippen LogP contribution in [0, 0.1) is 17.3 Å². The van der Waals surface area contributed by atoms with Gasteiger partial charge in [-0.2, -0.15) is 0 Å². The van der Waals surface area contributed by atoms with Gasteiger partial charge in [-0.3, -0.25) is 0 Å². The molecule has 1 heterocycles. The fourth-order valence-corrected chi connectivity index (χ4v) is 4.34. The SMILES string of the molecule is CC1(C)C[C@H]2[C@H](O)C3=C(C[C@](C)(O)[C@H]2C1)C(=O)OC3O. The number of carbonyl (C=O) groups is 1. The van der Waals surface area contributed by atoms with Gasteiger partial charge in [0.05, 0.1) is 11.7 Å².